The van der Waals surface area contributed by atoms with Crippen molar-refractivity contribution in [1.29, 1.82) is 0 Å². The van der Waals surface area contributed by atoms with Gasteiger partial charge in [0.05, 0.1) is 12.0 Å². The van der Waals surface area contributed by atoms with Crippen molar-refractivity contribution in [1.82, 2.24) is 4.98 Å². The number of aromatic nitrogens is 1. The van der Waals surface area contributed by atoms with Gasteiger partial charge < -0.3 is 9.72 Å². The third kappa shape index (κ3) is 2.59. The Kier molecular flexibility index (Phi) is 3.65. The van der Waals surface area contributed by atoms with Crippen LogP contribution in [0.25, 0.3) is 10.9 Å². The second-order valence-electron chi connectivity index (χ2n) is 4.85. The molecule has 0 spiro atoms. The summed E-state index contributed by atoms with van der Waals surface area (Å²) in [5.74, 6) is -0.111. The molecule has 1 aromatic heterocycles. The highest BCUT2D eigenvalue weighted by atomic mass is 32.2. The summed E-state index contributed by atoms with van der Waals surface area (Å²) in [7, 11) is -2.56. The second kappa shape index (κ2) is 5.51. The zero-order valence-electron chi connectivity index (χ0n) is 12.0. The fraction of sp³-hybridized carbons (Fsp3) is 0.0625. The van der Waals surface area contributed by atoms with Gasteiger partial charge in [0.15, 0.2) is 0 Å². The minimum Gasteiger partial charge on any atom is -0.497 e. The number of sulfone groups is 1. The lowest BCUT2D eigenvalue weighted by atomic mass is 10.2. The van der Waals surface area contributed by atoms with Gasteiger partial charge in [-0.25, -0.2) is 12.8 Å². The van der Waals surface area contributed by atoms with Crippen LogP contribution in [0.2, 0.25) is 0 Å². The Morgan fingerprint density at radius 1 is 1.09 bits per heavy atom. The van der Waals surface area contributed by atoms with E-state index in [9.17, 15) is 17.6 Å². The number of rotatable bonds is 3. The van der Waals surface area contributed by atoms with E-state index < -0.39 is 26.0 Å². The molecular formula is C16H12FNO4S. The van der Waals surface area contributed by atoms with Crippen molar-refractivity contribution < 1.29 is 17.5 Å². The van der Waals surface area contributed by atoms with E-state index in [1.54, 1.807) is 0 Å². The fourth-order valence-electron chi connectivity index (χ4n) is 2.25. The standard InChI is InChI=1S/C16H12FNO4S/c1-22-11-3-5-12(6-4-11)23(20,21)15-9-18-14-7-2-10(17)8-13(14)16(15)19/h2-9H,1H3,(H,18,19). The number of aromatic amines is 1. The highest BCUT2D eigenvalue weighted by Gasteiger charge is 2.22. The lowest BCUT2D eigenvalue weighted by Gasteiger charge is -2.06. The maximum absolute atomic E-state index is 13.3. The summed E-state index contributed by atoms with van der Waals surface area (Å²) in [5, 5.41) is -0.0143. The molecule has 0 amide bonds. The monoisotopic (exact) mass is 333 g/mol. The van der Waals surface area contributed by atoms with Crippen LogP contribution in [0.3, 0.4) is 0 Å². The van der Waals surface area contributed by atoms with Gasteiger partial charge in [-0.3, -0.25) is 4.79 Å². The number of methoxy groups -OCH3 is 1. The Morgan fingerprint density at radius 3 is 2.43 bits per heavy atom. The summed E-state index contributed by atoms with van der Waals surface area (Å²) < 4.78 is 43.6. The molecular weight excluding hydrogens is 321 g/mol. The maximum atomic E-state index is 13.3. The van der Waals surface area contributed by atoms with Crippen LogP contribution in [0.15, 0.2) is 63.2 Å². The molecule has 1 N–H and O–H groups in total. The van der Waals surface area contributed by atoms with Gasteiger partial charge >= 0.3 is 0 Å². The minimum absolute atomic E-state index is 0.0143. The summed E-state index contributed by atoms with van der Waals surface area (Å²) in [6, 6.07) is 9.27. The Balaban J connectivity index is 2.21. The van der Waals surface area contributed by atoms with Gasteiger partial charge in [-0.05, 0) is 42.5 Å². The number of benzene rings is 2. The highest BCUT2D eigenvalue weighted by molar-refractivity contribution is 7.91. The molecule has 0 saturated carbocycles. The zero-order valence-corrected chi connectivity index (χ0v) is 12.9. The number of hydrogen-bond acceptors (Lipinski definition) is 4. The van der Waals surface area contributed by atoms with E-state index in [0.717, 1.165) is 12.3 Å². The average molecular weight is 333 g/mol. The molecule has 118 valence electrons. The molecule has 0 bridgehead atoms. The summed E-state index contributed by atoms with van der Waals surface area (Å²) in [6.45, 7) is 0. The van der Waals surface area contributed by atoms with Crippen molar-refractivity contribution >= 4 is 20.7 Å². The van der Waals surface area contributed by atoms with Crippen LogP contribution in [0, 0.1) is 5.82 Å². The van der Waals surface area contributed by atoms with Crippen molar-refractivity contribution in [2.45, 2.75) is 9.79 Å². The molecule has 23 heavy (non-hydrogen) atoms. The van der Waals surface area contributed by atoms with Crippen molar-refractivity contribution in [3.8, 4) is 5.75 Å². The van der Waals surface area contributed by atoms with Gasteiger partial charge in [0.1, 0.15) is 16.5 Å². The van der Waals surface area contributed by atoms with Crippen LogP contribution in [-0.2, 0) is 9.84 Å². The number of nitrogens with one attached hydrogen (secondary N) is 1. The first-order chi connectivity index (χ1) is 10.9. The lowest BCUT2D eigenvalue weighted by Crippen LogP contribution is -2.16. The molecule has 0 unspecified atom stereocenters. The summed E-state index contributed by atoms with van der Waals surface area (Å²) in [4.78, 5) is 14.7. The van der Waals surface area contributed by atoms with E-state index in [-0.39, 0.29) is 10.3 Å². The number of hydrogen-bond donors (Lipinski definition) is 1. The molecule has 0 aliphatic rings. The quantitative estimate of drug-likeness (QED) is 0.799. The summed E-state index contributed by atoms with van der Waals surface area (Å²) in [5.41, 5.74) is -0.376. The predicted octanol–water partition coefficient (Wildman–Crippen LogP) is 2.51. The van der Waals surface area contributed by atoms with Crippen LogP contribution in [0.4, 0.5) is 4.39 Å². The Bertz CT molecular complexity index is 1040. The van der Waals surface area contributed by atoms with Crippen molar-refractivity contribution in [2.75, 3.05) is 7.11 Å². The van der Waals surface area contributed by atoms with E-state index in [1.807, 2.05) is 0 Å². The third-order valence-corrected chi connectivity index (χ3v) is 5.24. The predicted molar refractivity (Wildman–Crippen MR) is 83.0 cm³/mol. The molecule has 3 aromatic rings. The van der Waals surface area contributed by atoms with Gasteiger partial charge in [0.25, 0.3) is 0 Å². The van der Waals surface area contributed by atoms with Gasteiger partial charge in [0.2, 0.25) is 15.3 Å². The second-order valence-corrected chi connectivity index (χ2v) is 6.77. The van der Waals surface area contributed by atoms with E-state index in [1.165, 1.54) is 43.5 Å². The zero-order chi connectivity index (χ0) is 16.6. The molecule has 0 fully saturated rings. The Morgan fingerprint density at radius 2 is 1.78 bits per heavy atom. The topological polar surface area (TPSA) is 76.2 Å². The van der Waals surface area contributed by atoms with Crippen molar-refractivity contribution in [2.24, 2.45) is 0 Å². The lowest BCUT2D eigenvalue weighted by molar-refractivity contribution is 0.414. The first-order valence-electron chi connectivity index (χ1n) is 6.63. The van der Waals surface area contributed by atoms with Crippen LogP contribution in [0.5, 0.6) is 5.75 Å². The van der Waals surface area contributed by atoms with Crippen LogP contribution in [-0.4, -0.2) is 20.5 Å². The number of H-pyrrole nitrogens is 1. The minimum atomic E-state index is -4.02. The SMILES string of the molecule is COc1ccc(S(=O)(=O)c2c[nH]c3ccc(F)cc3c2=O)cc1. The molecule has 1 heterocycles. The fourth-order valence-corrected chi connectivity index (χ4v) is 3.57. The van der Waals surface area contributed by atoms with E-state index in [4.69, 9.17) is 4.74 Å². The van der Waals surface area contributed by atoms with E-state index in [2.05, 4.69) is 4.98 Å². The van der Waals surface area contributed by atoms with Crippen molar-refractivity contribution in [3.05, 3.63) is 64.7 Å². The van der Waals surface area contributed by atoms with Crippen LogP contribution >= 0.6 is 0 Å². The smallest absolute Gasteiger partial charge is 0.211 e. The first kappa shape index (κ1) is 15.2. The Labute approximate surface area is 131 Å². The largest absolute Gasteiger partial charge is 0.497 e. The molecule has 3 rings (SSSR count). The van der Waals surface area contributed by atoms with Crippen LogP contribution < -0.4 is 10.2 Å². The highest BCUT2D eigenvalue weighted by Crippen LogP contribution is 2.22. The molecule has 7 heteroatoms. The molecule has 0 atom stereocenters. The molecule has 2 aromatic carbocycles. The number of halogens is 1. The normalized spacial score (nSPS) is 11.6. The third-order valence-electron chi connectivity index (χ3n) is 3.47. The van der Waals surface area contributed by atoms with Crippen LogP contribution in [0.1, 0.15) is 0 Å². The van der Waals surface area contributed by atoms with Crippen molar-refractivity contribution in [3.63, 3.8) is 0 Å². The van der Waals surface area contributed by atoms with Gasteiger partial charge in [-0.1, -0.05) is 0 Å². The van der Waals surface area contributed by atoms with Gasteiger partial charge in [-0.2, -0.15) is 0 Å². The molecule has 0 radical (unpaired) electrons. The molecule has 0 aliphatic heterocycles. The first-order valence-corrected chi connectivity index (χ1v) is 8.12. The number of fused-ring (bicyclic) bond motifs is 1. The number of pyridine rings is 1. The van der Waals surface area contributed by atoms with Gasteiger partial charge in [-0.15, -0.1) is 0 Å². The average Bonchev–Trinajstić information content (AvgIpc) is 2.55. The summed E-state index contributed by atoms with van der Waals surface area (Å²) in [6.07, 6.45) is 1.13. The maximum Gasteiger partial charge on any atom is 0.211 e. The Hall–Kier alpha value is -2.67. The molecule has 0 aliphatic carbocycles. The molecule has 5 nitrogen and oxygen atoms in total. The molecule has 0 saturated heterocycles. The van der Waals surface area contributed by atoms with Gasteiger partial charge in [0, 0.05) is 17.1 Å². The van der Waals surface area contributed by atoms with E-state index in [0.29, 0.717) is 11.3 Å². The number of ether oxygens (including phenoxy) is 1. The van der Waals surface area contributed by atoms with E-state index >= 15 is 0 Å². The summed E-state index contributed by atoms with van der Waals surface area (Å²) >= 11 is 0.